The number of rotatable bonds is 3. The SMILES string of the molecule is Nc1nc2ncc(CN=C3CCC(C=O)CC3)nc2c(=O)[nH]1. The van der Waals surface area contributed by atoms with E-state index in [-0.39, 0.29) is 23.0 Å². The number of aromatic nitrogens is 4. The molecule has 1 aliphatic rings. The predicted molar refractivity (Wildman–Crippen MR) is 81.5 cm³/mol. The third kappa shape index (κ3) is 3.00. The number of hydrogen-bond donors (Lipinski definition) is 2. The van der Waals surface area contributed by atoms with Crippen LogP contribution in [0.5, 0.6) is 0 Å². The molecule has 0 amide bonds. The number of nitrogen functional groups attached to an aromatic ring is 1. The van der Waals surface area contributed by atoms with E-state index in [9.17, 15) is 9.59 Å². The molecule has 0 unspecified atom stereocenters. The molecule has 114 valence electrons. The smallest absolute Gasteiger partial charge is 0.280 e. The van der Waals surface area contributed by atoms with Crippen LogP contribution in [0.3, 0.4) is 0 Å². The van der Waals surface area contributed by atoms with Crippen molar-refractivity contribution in [2.45, 2.75) is 32.2 Å². The largest absolute Gasteiger partial charge is 0.369 e. The second-order valence-corrected chi connectivity index (χ2v) is 5.34. The molecule has 0 aromatic carbocycles. The maximum atomic E-state index is 11.8. The molecule has 1 fully saturated rings. The van der Waals surface area contributed by atoms with Crippen molar-refractivity contribution >= 4 is 29.1 Å². The third-order valence-corrected chi connectivity index (χ3v) is 3.75. The minimum atomic E-state index is -0.406. The van der Waals surface area contributed by atoms with Crippen LogP contribution in [0.4, 0.5) is 5.95 Å². The van der Waals surface area contributed by atoms with Crippen LogP contribution in [0, 0.1) is 5.92 Å². The topological polar surface area (TPSA) is 127 Å². The number of carbonyl (C=O) groups is 1. The molecule has 0 bridgehead atoms. The van der Waals surface area contributed by atoms with Gasteiger partial charge in [0.2, 0.25) is 5.95 Å². The lowest BCUT2D eigenvalue weighted by atomic mass is 9.89. The molecule has 1 aliphatic carbocycles. The van der Waals surface area contributed by atoms with Crippen molar-refractivity contribution in [3.63, 3.8) is 0 Å². The molecule has 2 aromatic heterocycles. The summed E-state index contributed by atoms with van der Waals surface area (Å²) in [5, 5.41) is 0. The fourth-order valence-corrected chi connectivity index (χ4v) is 2.51. The molecule has 0 radical (unpaired) electrons. The number of aliphatic imine (C=N–C) groups is 1. The average Bonchev–Trinajstić information content (AvgIpc) is 2.53. The van der Waals surface area contributed by atoms with Gasteiger partial charge < -0.3 is 10.5 Å². The summed E-state index contributed by atoms with van der Waals surface area (Å²) in [5.74, 6) is 0.182. The number of aldehydes is 1. The first kappa shape index (κ1) is 14.3. The second-order valence-electron chi connectivity index (χ2n) is 5.34. The molecule has 0 saturated heterocycles. The van der Waals surface area contributed by atoms with Gasteiger partial charge in [-0.15, -0.1) is 0 Å². The van der Waals surface area contributed by atoms with Crippen LogP contribution in [0.2, 0.25) is 0 Å². The lowest BCUT2D eigenvalue weighted by Gasteiger charge is -2.17. The quantitative estimate of drug-likeness (QED) is 0.800. The number of nitrogens with zero attached hydrogens (tertiary/aromatic N) is 4. The predicted octanol–water partition coefficient (Wildman–Crippen LogP) is 0.625. The molecule has 0 spiro atoms. The van der Waals surface area contributed by atoms with Gasteiger partial charge in [-0.2, -0.15) is 4.98 Å². The summed E-state index contributed by atoms with van der Waals surface area (Å²) in [4.78, 5) is 41.7. The Bertz CT molecular complexity index is 788. The van der Waals surface area contributed by atoms with E-state index in [0.29, 0.717) is 12.2 Å². The van der Waals surface area contributed by atoms with E-state index in [1.54, 1.807) is 6.20 Å². The first-order valence-corrected chi connectivity index (χ1v) is 7.14. The van der Waals surface area contributed by atoms with Crippen molar-refractivity contribution in [1.82, 2.24) is 19.9 Å². The van der Waals surface area contributed by atoms with Crippen molar-refractivity contribution in [3.8, 4) is 0 Å². The van der Waals surface area contributed by atoms with Gasteiger partial charge in [0.05, 0.1) is 18.4 Å². The zero-order valence-corrected chi connectivity index (χ0v) is 12.0. The Morgan fingerprint density at radius 3 is 2.86 bits per heavy atom. The van der Waals surface area contributed by atoms with Crippen molar-refractivity contribution in [2.24, 2.45) is 10.9 Å². The van der Waals surface area contributed by atoms with Gasteiger partial charge in [-0.05, 0) is 25.7 Å². The Balaban J connectivity index is 1.77. The summed E-state index contributed by atoms with van der Waals surface area (Å²) in [6.45, 7) is 0.369. The summed E-state index contributed by atoms with van der Waals surface area (Å²) >= 11 is 0. The van der Waals surface area contributed by atoms with E-state index in [2.05, 4.69) is 24.9 Å². The van der Waals surface area contributed by atoms with Gasteiger partial charge in [0.15, 0.2) is 11.2 Å². The zero-order chi connectivity index (χ0) is 15.5. The molecule has 2 heterocycles. The minimum Gasteiger partial charge on any atom is -0.369 e. The van der Waals surface area contributed by atoms with Crippen LogP contribution < -0.4 is 11.3 Å². The fourth-order valence-electron chi connectivity index (χ4n) is 2.51. The highest BCUT2D eigenvalue weighted by molar-refractivity contribution is 5.86. The normalized spacial score (nSPS) is 18.4. The highest BCUT2D eigenvalue weighted by atomic mass is 16.1. The van der Waals surface area contributed by atoms with Crippen LogP contribution in [0.25, 0.3) is 11.2 Å². The standard InChI is InChI=1S/C14H16N6O2/c15-14-19-12-11(13(22)20-14)18-10(6-17-12)5-16-9-3-1-8(7-21)2-4-9/h6-8H,1-5H2,(H3,15,17,19,20,22). The molecule has 8 heteroatoms. The highest BCUT2D eigenvalue weighted by Gasteiger charge is 2.16. The van der Waals surface area contributed by atoms with Gasteiger partial charge in [-0.25, -0.2) is 9.97 Å². The average molecular weight is 300 g/mol. The maximum Gasteiger partial charge on any atom is 0.280 e. The zero-order valence-electron chi connectivity index (χ0n) is 12.0. The van der Waals surface area contributed by atoms with Gasteiger partial charge in [0.25, 0.3) is 5.56 Å². The number of aromatic amines is 1. The van der Waals surface area contributed by atoms with Crippen molar-refractivity contribution in [1.29, 1.82) is 0 Å². The molecule has 1 saturated carbocycles. The Kier molecular flexibility index (Phi) is 3.90. The molecule has 3 rings (SSSR count). The number of hydrogen-bond acceptors (Lipinski definition) is 7. The lowest BCUT2D eigenvalue weighted by molar-refractivity contribution is -0.111. The lowest BCUT2D eigenvalue weighted by Crippen LogP contribution is -2.16. The summed E-state index contributed by atoms with van der Waals surface area (Å²) in [6, 6.07) is 0. The molecule has 8 nitrogen and oxygen atoms in total. The number of nitrogens with one attached hydrogen (secondary N) is 1. The first-order chi connectivity index (χ1) is 10.7. The third-order valence-electron chi connectivity index (χ3n) is 3.75. The number of fused-ring (bicyclic) bond motifs is 1. The summed E-state index contributed by atoms with van der Waals surface area (Å²) in [7, 11) is 0. The Morgan fingerprint density at radius 2 is 2.14 bits per heavy atom. The maximum absolute atomic E-state index is 11.8. The molecule has 0 aliphatic heterocycles. The van der Waals surface area contributed by atoms with Crippen molar-refractivity contribution < 1.29 is 4.79 Å². The molecule has 3 N–H and O–H groups in total. The van der Waals surface area contributed by atoms with Crippen molar-refractivity contribution in [3.05, 3.63) is 22.2 Å². The van der Waals surface area contributed by atoms with Gasteiger partial charge in [-0.1, -0.05) is 0 Å². The van der Waals surface area contributed by atoms with Crippen LogP contribution in [-0.2, 0) is 11.3 Å². The highest BCUT2D eigenvalue weighted by Crippen LogP contribution is 2.20. The molecule has 2 aromatic rings. The Labute approximate surface area is 125 Å². The van der Waals surface area contributed by atoms with Crippen LogP contribution in [-0.4, -0.2) is 31.9 Å². The van der Waals surface area contributed by atoms with E-state index in [1.807, 2.05) is 0 Å². The van der Waals surface area contributed by atoms with Gasteiger partial charge in [0, 0.05) is 11.6 Å². The Hall–Kier alpha value is -2.64. The molecular formula is C14H16N6O2. The Morgan fingerprint density at radius 1 is 1.36 bits per heavy atom. The van der Waals surface area contributed by atoms with E-state index in [4.69, 9.17) is 5.73 Å². The fraction of sp³-hybridized carbons (Fsp3) is 0.429. The summed E-state index contributed by atoms with van der Waals surface area (Å²) in [5.41, 5.74) is 7.14. The number of H-pyrrole nitrogens is 1. The van der Waals surface area contributed by atoms with E-state index < -0.39 is 5.56 Å². The van der Waals surface area contributed by atoms with Crippen LogP contribution >= 0.6 is 0 Å². The second kappa shape index (κ2) is 6.00. The number of anilines is 1. The summed E-state index contributed by atoms with van der Waals surface area (Å²) < 4.78 is 0. The van der Waals surface area contributed by atoms with Crippen molar-refractivity contribution in [2.75, 3.05) is 5.73 Å². The molecule has 22 heavy (non-hydrogen) atoms. The van der Waals surface area contributed by atoms with E-state index >= 15 is 0 Å². The van der Waals surface area contributed by atoms with Crippen LogP contribution in [0.1, 0.15) is 31.4 Å². The van der Waals surface area contributed by atoms with Gasteiger partial charge >= 0.3 is 0 Å². The van der Waals surface area contributed by atoms with E-state index in [0.717, 1.165) is 37.7 Å². The monoisotopic (exact) mass is 300 g/mol. The van der Waals surface area contributed by atoms with E-state index in [1.165, 1.54) is 0 Å². The van der Waals surface area contributed by atoms with Gasteiger partial charge in [-0.3, -0.25) is 14.8 Å². The number of nitrogens with two attached hydrogens (primary N) is 1. The molecular weight excluding hydrogens is 284 g/mol. The van der Waals surface area contributed by atoms with Gasteiger partial charge in [0.1, 0.15) is 6.29 Å². The first-order valence-electron chi connectivity index (χ1n) is 7.14. The minimum absolute atomic E-state index is 0.0201. The molecule has 0 atom stereocenters. The summed E-state index contributed by atoms with van der Waals surface area (Å²) in [6.07, 6.45) is 5.96. The van der Waals surface area contributed by atoms with Crippen LogP contribution in [0.15, 0.2) is 16.0 Å². The number of carbonyl (C=O) groups excluding carboxylic acids is 1.